The first-order valence-corrected chi connectivity index (χ1v) is 11.0. The second kappa shape index (κ2) is 7.50. The van der Waals surface area contributed by atoms with Crippen LogP contribution in [0.5, 0.6) is 0 Å². The molecule has 0 unspecified atom stereocenters. The summed E-state index contributed by atoms with van der Waals surface area (Å²) < 4.78 is 29.2. The lowest BCUT2D eigenvalue weighted by Crippen LogP contribution is -2.49. The molecule has 3 rings (SSSR count). The molecule has 1 aliphatic heterocycles. The first-order chi connectivity index (χ1) is 12.3. The Balaban J connectivity index is 1.85. The van der Waals surface area contributed by atoms with Crippen LogP contribution in [0.1, 0.15) is 44.8 Å². The third-order valence-corrected chi connectivity index (χ3v) is 7.69. The highest BCUT2D eigenvalue weighted by molar-refractivity contribution is 7.91. The number of nitrogens with zero attached hydrogens (tertiary/aromatic N) is 3. The fourth-order valence-corrected chi connectivity index (χ4v) is 5.97. The Morgan fingerprint density at radius 3 is 2.81 bits per heavy atom. The molecule has 9 heteroatoms. The predicted octanol–water partition coefficient (Wildman–Crippen LogP) is 3.02. The highest BCUT2D eigenvalue weighted by atomic mass is 32.2. The van der Waals surface area contributed by atoms with Crippen molar-refractivity contribution >= 4 is 33.1 Å². The summed E-state index contributed by atoms with van der Waals surface area (Å²) in [6.07, 6.45) is 2.11. The zero-order chi connectivity index (χ0) is 18.9. The van der Waals surface area contributed by atoms with Gasteiger partial charge in [-0.25, -0.2) is 13.1 Å². The van der Waals surface area contributed by atoms with Crippen molar-refractivity contribution in [3.63, 3.8) is 0 Å². The van der Waals surface area contributed by atoms with Crippen LogP contribution in [0.4, 0.5) is 5.82 Å². The Labute approximate surface area is 158 Å². The lowest BCUT2D eigenvalue weighted by atomic mass is 10.0. The number of hydrogen-bond acceptors (Lipinski definition) is 5. The molecule has 2 aromatic heterocycles. The second-order valence-corrected chi connectivity index (χ2v) is 9.82. The smallest absolute Gasteiger partial charge is 0.253 e. The monoisotopic (exact) mass is 396 g/mol. The standard InChI is InChI=1S/C17H24N4O3S2/c1-12(2)21-15(11-13(3)19-21)18-17(22)14-7-4-5-9-20(14)26(23,24)16-8-6-10-25-16/h6,8,10-12,14H,4-5,7,9H2,1-3H3,(H,18,22)/t14-/m1/s1. The maximum Gasteiger partial charge on any atom is 0.253 e. The molecule has 0 spiro atoms. The molecule has 1 aliphatic rings. The Bertz CT molecular complexity index is 872. The van der Waals surface area contributed by atoms with Gasteiger partial charge in [-0.15, -0.1) is 11.3 Å². The van der Waals surface area contributed by atoms with E-state index in [1.54, 1.807) is 28.3 Å². The van der Waals surface area contributed by atoms with E-state index in [1.807, 2.05) is 20.8 Å². The van der Waals surface area contributed by atoms with Crippen molar-refractivity contribution in [3.05, 3.63) is 29.3 Å². The van der Waals surface area contributed by atoms with Crippen molar-refractivity contribution in [1.29, 1.82) is 0 Å². The van der Waals surface area contributed by atoms with Crippen molar-refractivity contribution in [2.45, 2.75) is 56.3 Å². The van der Waals surface area contributed by atoms with Crippen molar-refractivity contribution in [2.75, 3.05) is 11.9 Å². The van der Waals surface area contributed by atoms with E-state index in [1.165, 1.54) is 15.6 Å². The number of aromatic nitrogens is 2. The van der Waals surface area contributed by atoms with E-state index >= 15 is 0 Å². The average Bonchev–Trinajstić information content (AvgIpc) is 3.25. The number of aryl methyl sites for hydroxylation is 1. The molecule has 0 bridgehead atoms. The number of carbonyl (C=O) groups excluding carboxylic acids is 1. The first kappa shape index (κ1) is 19.1. The summed E-state index contributed by atoms with van der Waals surface area (Å²) in [5.74, 6) is 0.299. The SMILES string of the molecule is Cc1cc(NC(=O)[C@H]2CCCCN2S(=O)(=O)c2cccs2)n(C(C)C)n1. The van der Waals surface area contributed by atoms with Gasteiger partial charge in [0, 0.05) is 18.7 Å². The van der Waals surface area contributed by atoms with E-state index in [4.69, 9.17) is 0 Å². The number of thiophene rings is 1. The number of sulfonamides is 1. The average molecular weight is 397 g/mol. The van der Waals surface area contributed by atoms with Crippen LogP contribution in [-0.2, 0) is 14.8 Å². The Morgan fingerprint density at radius 1 is 1.38 bits per heavy atom. The van der Waals surface area contributed by atoms with Gasteiger partial charge < -0.3 is 5.32 Å². The number of piperidine rings is 1. The zero-order valence-electron chi connectivity index (χ0n) is 15.2. The van der Waals surface area contributed by atoms with Crippen LogP contribution >= 0.6 is 11.3 Å². The van der Waals surface area contributed by atoms with Gasteiger partial charge in [0.25, 0.3) is 10.0 Å². The maximum atomic E-state index is 12.9. The molecule has 0 radical (unpaired) electrons. The molecular formula is C17H24N4O3S2. The number of amides is 1. The zero-order valence-corrected chi connectivity index (χ0v) is 16.8. The highest BCUT2D eigenvalue weighted by Gasteiger charge is 2.38. The van der Waals surface area contributed by atoms with Gasteiger partial charge in [-0.1, -0.05) is 12.5 Å². The van der Waals surface area contributed by atoms with Gasteiger partial charge in [0.2, 0.25) is 5.91 Å². The molecule has 1 fully saturated rings. The molecule has 7 nitrogen and oxygen atoms in total. The van der Waals surface area contributed by atoms with Crippen LogP contribution in [0.3, 0.4) is 0 Å². The number of carbonyl (C=O) groups is 1. The number of rotatable bonds is 5. The molecule has 1 amide bonds. The Morgan fingerprint density at radius 2 is 2.15 bits per heavy atom. The van der Waals surface area contributed by atoms with E-state index < -0.39 is 16.1 Å². The van der Waals surface area contributed by atoms with Gasteiger partial charge in [0.05, 0.1) is 5.69 Å². The second-order valence-electron chi connectivity index (χ2n) is 6.76. The molecule has 1 saturated heterocycles. The van der Waals surface area contributed by atoms with Gasteiger partial charge in [-0.2, -0.15) is 9.40 Å². The fraction of sp³-hybridized carbons (Fsp3) is 0.529. The molecule has 26 heavy (non-hydrogen) atoms. The van der Waals surface area contributed by atoms with Gasteiger partial charge in [0.1, 0.15) is 16.1 Å². The largest absolute Gasteiger partial charge is 0.309 e. The molecule has 1 atom stereocenters. The minimum Gasteiger partial charge on any atom is -0.309 e. The van der Waals surface area contributed by atoms with Crippen LogP contribution in [0.15, 0.2) is 27.8 Å². The van der Waals surface area contributed by atoms with Gasteiger partial charge >= 0.3 is 0 Å². The quantitative estimate of drug-likeness (QED) is 0.842. The molecule has 142 valence electrons. The fourth-order valence-electron chi connectivity index (χ4n) is 3.19. The minimum absolute atomic E-state index is 0.0938. The van der Waals surface area contributed by atoms with Crippen LogP contribution in [0.2, 0.25) is 0 Å². The van der Waals surface area contributed by atoms with Crippen LogP contribution in [0.25, 0.3) is 0 Å². The number of nitrogens with one attached hydrogen (secondary N) is 1. The number of hydrogen-bond donors (Lipinski definition) is 1. The molecule has 2 aromatic rings. The van der Waals surface area contributed by atoms with Gasteiger partial charge in [-0.3, -0.25) is 4.79 Å². The third kappa shape index (κ3) is 3.70. The highest BCUT2D eigenvalue weighted by Crippen LogP contribution is 2.28. The minimum atomic E-state index is -3.66. The van der Waals surface area contributed by atoms with Crippen molar-refractivity contribution in [2.24, 2.45) is 0 Å². The predicted molar refractivity (Wildman–Crippen MR) is 102 cm³/mol. The summed E-state index contributed by atoms with van der Waals surface area (Å²) >= 11 is 1.18. The topological polar surface area (TPSA) is 84.3 Å². The van der Waals surface area contributed by atoms with E-state index in [0.717, 1.165) is 18.5 Å². The van der Waals surface area contributed by atoms with Crippen molar-refractivity contribution < 1.29 is 13.2 Å². The van der Waals surface area contributed by atoms with Crippen molar-refractivity contribution in [1.82, 2.24) is 14.1 Å². The molecular weight excluding hydrogens is 372 g/mol. The molecule has 3 heterocycles. The molecule has 1 N–H and O–H groups in total. The molecule has 0 aromatic carbocycles. The van der Waals surface area contributed by atoms with E-state index in [2.05, 4.69) is 10.4 Å². The summed E-state index contributed by atoms with van der Waals surface area (Å²) in [6.45, 7) is 6.19. The summed E-state index contributed by atoms with van der Waals surface area (Å²) in [7, 11) is -3.66. The lowest BCUT2D eigenvalue weighted by molar-refractivity contribution is -0.120. The summed E-state index contributed by atoms with van der Waals surface area (Å²) in [6, 6.07) is 4.49. The summed E-state index contributed by atoms with van der Waals surface area (Å²) in [5, 5.41) is 9.01. The van der Waals surface area contributed by atoms with E-state index in [0.29, 0.717) is 18.8 Å². The van der Waals surface area contributed by atoms with Gasteiger partial charge in [0.15, 0.2) is 0 Å². The molecule has 0 saturated carbocycles. The van der Waals surface area contributed by atoms with Crippen LogP contribution < -0.4 is 5.32 Å². The third-order valence-electron chi connectivity index (χ3n) is 4.41. The maximum absolute atomic E-state index is 12.9. The summed E-state index contributed by atoms with van der Waals surface area (Å²) in [5.41, 5.74) is 0.806. The Hall–Kier alpha value is -1.71. The normalized spacial score (nSPS) is 19.0. The molecule has 0 aliphatic carbocycles. The summed E-state index contributed by atoms with van der Waals surface area (Å²) in [4.78, 5) is 12.9. The van der Waals surface area contributed by atoms with E-state index in [-0.39, 0.29) is 16.2 Å². The van der Waals surface area contributed by atoms with Gasteiger partial charge in [-0.05, 0) is 45.1 Å². The first-order valence-electron chi connectivity index (χ1n) is 8.73. The van der Waals surface area contributed by atoms with E-state index in [9.17, 15) is 13.2 Å². The lowest BCUT2D eigenvalue weighted by Gasteiger charge is -2.33. The van der Waals surface area contributed by atoms with Crippen molar-refractivity contribution in [3.8, 4) is 0 Å². The van der Waals surface area contributed by atoms with Crippen LogP contribution in [-0.4, -0.2) is 41.0 Å². The van der Waals surface area contributed by atoms with Crippen LogP contribution in [0, 0.1) is 6.92 Å². The number of anilines is 1. The Kier molecular flexibility index (Phi) is 5.50.